The first kappa shape index (κ1) is 18.2. The maximum absolute atomic E-state index is 11.8. The summed E-state index contributed by atoms with van der Waals surface area (Å²) < 4.78 is 0. The van der Waals surface area contributed by atoms with E-state index in [1.54, 1.807) is 0 Å². The fourth-order valence-corrected chi connectivity index (χ4v) is 3.33. The normalized spacial score (nSPS) is 14.6. The summed E-state index contributed by atoms with van der Waals surface area (Å²) in [5.41, 5.74) is 1.06. The second-order valence-corrected chi connectivity index (χ2v) is 6.98. The van der Waals surface area contributed by atoms with Crippen LogP contribution in [0.3, 0.4) is 0 Å². The molecule has 7 nitrogen and oxygen atoms in total. The molecule has 136 valence electrons. The number of carbonyl (C=O) groups is 2. The Hall–Kier alpha value is -2.61. The number of H-pyrrole nitrogens is 1. The van der Waals surface area contributed by atoms with Gasteiger partial charge in [-0.05, 0) is 24.5 Å². The van der Waals surface area contributed by atoms with Crippen molar-refractivity contribution in [3.63, 3.8) is 0 Å². The molecule has 0 atom stereocenters. The number of hydrogen-bond acceptors (Lipinski definition) is 5. The second kappa shape index (κ2) is 9.19. The third-order valence-corrected chi connectivity index (χ3v) is 4.84. The second-order valence-electron chi connectivity index (χ2n) is 6.04. The van der Waals surface area contributed by atoms with E-state index in [4.69, 9.17) is 0 Å². The molecule has 1 saturated carbocycles. The Kier molecular flexibility index (Phi) is 6.43. The molecule has 0 unspecified atom stereocenters. The summed E-state index contributed by atoms with van der Waals surface area (Å²) in [4.78, 5) is 27.9. The lowest BCUT2D eigenvalue weighted by Crippen LogP contribution is -2.44. The minimum absolute atomic E-state index is 0.0811. The average Bonchev–Trinajstić information content (AvgIpc) is 3.31. The predicted molar refractivity (Wildman–Crippen MR) is 101 cm³/mol. The lowest BCUT2D eigenvalue weighted by molar-refractivity contribution is -0.117. The van der Waals surface area contributed by atoms with Gasteiger partial charge in [0.05, 0.1) is 5.75 Å². The highest BCUT2D eigenvalue weighted by atomic mass is 32.2. The van der Waals surface area contributed by atoms with Crippen LogP contribution in [0.2, 0.25) is 0 Å². The van der Waals surface area contributed by atoms with Gasteiger partial charge in [-0.15, -0.1) is 5.10 Å². The predicted octanol–water partition coefficient (Wildman–Crippen LogP) is 2.84. The maximum atomic E-state index is 11.8. The molecule has 2 aromatic rings. The number of urea groups is 1. The topological polar surface area (TPSA) is 99.8 Å². The molecule has 1 aromatic carbocycles. The van der Waals surface area contributed by atoms with Gasteiger partial charge in [-0.2, -0.15) is 0 Å². The van der Waals surface area contributed by atoms with Crippen LogP contribution in [0.5, 0.6) is 0 Å². The zero-order valence-corrected chi connectivity index (χ0v) is 15.1. The fourth-order valence-electron chi connectivity index (χ4n) is 2.72. The van der Waals surface area contributed by atoms with Crippen molar-refractivity contribution in [2.24, 2.45) is 0 Å². The first-order valence-electron chi connectivity index (χ1n) is 8.58. The molecule has 3 amide bonds. The van der Waals surface area contributed by atoms with E-state index in [0.717, 1.165) is 31.2 Å². The van der Waals surface area contributed by atoms with Gasteiger partial charge >= 0.3 is 6.03 Å². The van der Waals surface area contributed by atoms with Crippen LogP contribution in [0.15, 0.2) is 35.5 Å². The van der Waals surface area contributed by atoms with Crippen molar-refractivity contribution in [1.29, 1.82) is 0 Å². The van der Waals surface area contributed by atoms with E-state index >= 15 is 0 Å². The Bertz CT molecular complexity index is 769. The van der Waals surface area contributed by atoms with Gasteiger partial charge in [0.15, 0.2) is 0 Å². The Morgan fingerprint density at radius 2 is 1.96 bits per heavy atom. The van der Waals surface area contributed by atoms with Crippen LogP contribution in [0, 0.1) is 0 Å². The van der Waals surface area contributed by atoms with Crippen molar-refractivity contribution < 1.29 is 9.59 Å². The monoisotopic (exact) mass is 371 g/mol. The number of aromatic amines is 1. The molecular formula is C18H21N5O2S. The number of benzene rings is 1. The number of amides is 3. The van der Waals surface area contributed by atoms with Crippen molar-refractivity contribution in [3.05, 3.63) is 41.7 Å². The molecule has 1 aliphatic rings. The Balaban J connectivity index is 1.41. The fraction of sp³-hybridized carbons (Fsp3) is 0.333. The van der Waals surface area contributed by atoms with Crippen molar-refractivity contribution >= 4 is 35.9 Å². The van der Waals surface area contributed by atoms with Crippen LogP contribution in [-0.2, 0) is 4.79 Å². The van der Waals surface area contributed by atoms with E-state index in [1.807, 2.05) is 42.5 Å². The standard InChI is InChI=1S/C18H21N5O2S/c24-16(21-17(25)19-14-8-4-5-9-14)12-26-18-20-15(22-23-18)11-10-13-6-2-1-3-7-13/h1-3,6-7,10-11,14H,4-5,8-9,12H2,(H,20,22,23)(H2,19,21,24,25)/b11-10+. The number of nitrogens with zero attached hydrogens (tertiary/aromatic N) is 2. The van der Waals surface area contributed by atoms with Gasteiger partial charge < -0.3 is 5.32 Å². The van der Waals surface area contributed by atoms with Crippen molar-refractivity contribution in [2.75, 3.05) is 5.75 Å². The zero-order valence-electron chi connectivity index (χ0n) is 14.3. The first-order valence-corrected chi connectivity index (χ1v) is 9.56. The van der Waals surface area contributed by atoms with Crippen molar-refractivity contribution in [1.82, 2.24) is 25.8 Å². The number of hydrogen-bond donors (Lipinski definition) is 3. The lowest BCUT2D eigenvalue weighted by Gasteiger charge is -2.11. The highest BCUT2D eigenvalue weighted by Crippen LogP contribution is 2.17. The highest BCUT2D eigenvalue weighted by Gasteiger charge is 2.18. The summed E-state index contributed by atoms with van der Waals surface area (Å²) in [5, 5.41) is 12.5. The maximum Gasteiger partial charge on any atom is 0.321 e. The van der Waals surface area contributed by atoms with Crippen LogP contribution in [-0.4, -0.2) is 38.9 Å². The molecule has 0 spiro atoms. The molecule has 26 heavy (non-hydrogen) atoms. The minimum atomic E-state index is -0.427. The summed E-state index contributed by atoms with van der Waals surface area (Å²) in [6.45, 7) is 0. The number of nitrogens with one attached hydrogen (secondary N) is 3. The van der Waals surface area contributed by atoms with E-state index in [9.17, 15) is 9.59 Å². The van der Waals surface area contributed by atoms with E-state index < -0.39 is 6.03 Å². The molecule has 1 aromatic heterocycles. The van der Waals surface area contributed by atoms with Crippen molar-refractivity contribution in [3.8, 4) is 0 Å². The summed E-state index contributed by atoms with van der Waals surface area (Å²) in [7, 11) is 0. The zero-order chi connectivity index (χ0) is 18.2. The van der Waals surface area contributed by atoms with Gasteiger partial charge in [0.25, 0.3) is 0 Å². The number of rotatable bonds is 6. The quantitative estimate of drug-likeness (QED) is 0.678. The van der Waals surface area contributed by atoms with Gasteiger partial charge in [-0.3, -0.25) is 15.2 Å². The Morgan fingerprint density at radius 3 is 2.73 bits per heavy atom. The SMILES string of the molecule is O=C(CSc1n[nH]c(/C=C/c2ccccc2)n1)NC(=O)NC1CCCC1. The molecule has 0 aliphatic heterocycles. The van der Waals surface area contributed by atoms with Crippen LogP contribution in [0.25, 0.3) is 12.2 Å². The van der Waals surface area contributed by atoms with Gasteiger partial charge in [0, 0.05) is 6.04 Å². The van der Waals surface area contributed by atoms with Crippen LogP contribution in [0.1, 0.15) is 37.1 Å². The summed E-state index contributed by atoms with van der Waals surface area (Å²) in [5.74, 6) is 0.324. The van der Waals surface area contributed by atoms with E-state index in [2.05, 4.69) is 25.8 Å². The Morgan fingerprint density at radius 1 is 1.19 bits per heavy atom. The summed E-state index contributed by atoms with van der Waals surface area (Å²) in [6.07, 6.45) is 7.96. The first-order chi connectivity index (χ1) is 12.7. The number of aromatic nitrogens is 3. The number of imide groups is 1. The molecule has 1 heterocycles. The van der Waals surface area contributed by atoms with Gasteiger partial charge in [-0.1, -0.05) is 61.0 Å². The molecule has 3 rings (SSSR count). The third-order valence-electron chi connectivity index (χ3n) is 3.99. The van der Waals surface area contributed by atoms with Gasteiger partial charge in [0.2, 0.25) is 11.1 Å². The molecule has 1 aliphatic carbocycles. The van der Waals surface area contributed by atoms with E-state index in [1.165, 1.54) is 11.8 Å². The van der Waals surface area contributed by atoms with Gasteiger partial charge in [-0.25, -0.2) is 9.78 Å². The number of thioether (sulfide) groups is 1. The minimum Gasteiger partial charge on any atom is -0.335 e. The largest absolute Gasteiger partial charge is 0.335 e. The smallest absolute Gasteiger partial charge is 0.321 e. The summed E-state index contributed by atoms with van der Waals surface area (Å²) >= 11 is 1.18. The molecule has 0 radical (unpaired) electrons. The third kappa shape index (κ3) is 5.73. The van der Waals surface area contributed by atoms with Gasteiger partial charge in [0.1, 0.15) is 5.82 Å². The lowest BCUT2D eigenvalue weighted by atomic mass is 10.2. The van der Waals surface area contributed by atoms with Crippen molar-refractivity contribution in [2.45, 2.75) is 36.9 Å². The average molecular weight is 371 g/mol. The molecule has 0 bridgehead atoms. The van der Waals surface area contributed by atoms with E-state index in [0.29, 0.717) is 11.0 Å². The Labute approximate surface area is 156 Å². The van der Waals surface area contributed by atoms with Crippen LogP contribution < -0.4 is 10.6 Å². The number of carbonyl (C=O) groups excluding carboxylic acids is 2. The molecule has 3 N–H and O–H groups in total. The van der Waals surface area contributed by atoms with Crippen LogP contribution in [0.4, 0.5) is 4.79 Å². The summed E-state index contributed by atoms with van der Waals surface area (Å²) in [6, 6.07) is 9.62. The molecule has 1 fully saturated rings. The highest BCUT2D eigenvalue weighted by molar-refractivity contribution is 7.99. The molecule has 8 heteroatoms. The molecule has 0 saturated heterocycles. The molecular weight excluding hydrogens is 350 g/mol. The van der Waals surface area contributed by atoms with E-state index in [-0.39, 0.29) is 17.7 Å². The van der Waals surface area contributed by atoms with Crippen LogP contribution >= 0.6 is 11.8 Å².